The molecule has 0 aromatic carbocycles. The number of carboxylic acid groups (broad SMARTS) is 1. The first-order chi connectivity index (χ1) is 8.09. The number of aliphatic hydroxyl groups excluding tert-OH is 1. The number of carbonyl (C=O) groups is 1. The molecule has 1 spiro atoms. The van der Waals surface area contributed by atoms with E-state index in [1.807, 2.05) is 4.90 Å². The molecule has 2 atom stereocenters. The Kier molecular flexibility index (Phi) is 3.73. The van der Waals surface area contributed by atoms with Crippen LogP contribution in [0, 0.1) is 11.3 Å². The van der Waals surface area contributed by atoms with Crippen molar-refractivity contribution in [1.82, 2.24) is 4.90 Å². The highest BCUT2D eigenvalue weighted by Crippen LogP contribution is 2.47. The number of aliphatic carboxylic acids is 1. The third kappa shape index (κ3) is 2.33. The SMILES string of the molecule is C[C@H](C(=O)O)N1C[C@H](CO)C2(CCCCC2)C1. The number of aliphatic hydroxyl groups is 1. The average molecular weight is 241 g/mol. The van der Waals surface area contributed by atoms with Crippen molar-refractivity contribution in [3.8, 4) is 0 Å². The number of likely N-dealkylation sites (tertiary alicyclic amines) is 1. The predicted octanol–water partition coefficient (Wildman–Crippen LogP) is 1.33. The van der Waals surface area contributed by atoms with Crippen LogP contribution in [-0.2, 0) is 4.79 Å². The van der Waals surface area contributed by atoms with Gasteiger partial charge in [-0.25, -0.2) is 0 Å². The highest BCUT2D eigenvalue weighted by Gasteiger charge is 2.48. The van der Waals surface area contributed by atoms with Crippen LogP contribution in [-0.4, -0.2) is 46.8 Å². The van der Waals surface area contributed by atoms with Crippen molar-refractivity contribution < 1.29 is 15.0 Å². The van der Waals surface area contributed by atoms with Crippen LogP contribution in [0.3, 0.4) is 0 Å². The minimum Gasteiger partial charge on any atom is -0.480 e. The highest BCUT2D eigenvalue weighted by atomic mass is 16.4. The fourth-order valence-electron chi connectivity index (χ4n) is 3.60. The molecule has 1 saturated heterocycles. The van der Waals surface area contributed by atoms with Gasteiger partial charge in [0.2, 0.25) is 0 Å². The zero-order chi connectivity index (χ0) is 12.5. The Bertz CT molecular complexity index is 286. The number of carboxylic acids is 1. The van der Waals surface area contributed by atoms with E-state index in [2.05, 4.69) is 0 Å². The maximum Gasteiger partial charge on any atom is 0.320 e. The van der Waals surface area contributed by atoms with Crippen LogP contribution in [0.2, 0.25) is 0 Å². The van der Waals surface area contributed by atoms with Crippen molar-refractivity contribution in [2.75, 3.05) is 19.7 Å². The summed E-state index contributed by atoms with van der Waals surface area (Å²) >= 11 is 0. The molecule has 0 radical (unpaired) electrons. The average Bonchev–Trinajstić information content (AvgIpc) is 2.67. The molecule has 2 aliphatic rings. The van der Waals surface area contributed by atoms with Crippen LogP contribution < -0.4 is 0 Å². The van der Waals surface area contributed by atoms with E-state index in [0.717, 1.165) is 25.9 Å². The number of hydrogen-bond acceptors (Lipinski definition) is 3. The molecule has 2 N–H and O–H groups in total. The lowest BCUT2D eigenvalue weighted by atomic mass is 9.68. The maximum absolute atomic E-state index is 11.0. The Balaban J connectivity index is 2.10. The summed E-state index contributed by atoms with van der Waals surface area (Å²) in [7, 11) is 0. The second kappa shape index (κ2) is 4.94. The van der Waals surface area contributed by atoms with Crippen LogP contribution in [0.25, 0.3) is 0 Å². The summed E-state index contributed by atoms with van der Waals surface area (Å²) in [5.74, 6) is -0.487. The van der Waals surface area contributed by atoms with Crippen molar-refractivity contribution in [3.63, 3.8) is 0 Å². The normalized spacial score (nSPS) is 30.6. The van der Waals surface area contributed by atoms with Gasteiger partial charge in [0.15, 0.2) is 0 Å². The van der Waals surface area contributed by atoms with E-state index in [1.54, 1.807) is 6.92 Å². The Labute approximate surface area is 103 Å². The van der Waals surface area contributed by atoms with Gasteiger partial charge in [-0.15, -0.1) is 0 Å². The van der Waals surface area contributed by atoms with Gasteiger partial charge in [0.25, 0.3) is 0 Å². The molecule has 4 nitrogen and oxygen atoms in total. The molecular weight excluding hydrogens is 218 g/mol. The van der Waals surface area contributed by atoms with Gasteiger partial charge in [-0.1, -0.05) is 19.3 Å². The second-order valence-electron chi connectivity index (χ2n) is 5.75. The summed E-state index contributed by atoms with van der Waals surface area (Å²) in [6, 6.07) is -0.426. The van der Waals surface area contributed by atoms with Crippen LogP contribution >= 0.6 is 0 Å². The van der Waals surface area contributed by atoms with Crippen LogP contribution in [0.1, 0.15) is 39.0 Å². The van der Waals surface area contributed by atoms with Gasteiger partial charge in [-0.2, -0.15) is 0 Å². The van der Waals surface area contributed by atoms with Gasteiger partial charge in [0.05, 0.1) is 0 Å². The molecule has 4 heteroatoms. The van der Waals surface area contributed by atoms with Crippen LogP contribution in [0.15, 0.2) is 0 Å². The lowest BCUT2D eigenvalue weighted by Crippen LogP contribution is -2.39. The summed E-state index contributed by atoms with van der Waals surface area (Å²) in [5, 5.41) is 18.6. The molecule has 1 heterocycles. The Morgan fingerprint density at radius 3 is 2.59 bits per heavy atom. The standard InChI is InChI=1S/C13H23NO3/c1-10(12(16)17)14-7-11(8-15)13(9-14)5-3-2-4-6-13/h10-11,15H,2-9H2,1H3,(H,16,17)/t10-,11-/m1/s1. The van der Waals surface area contributed by atoms with Crippen molar-refractivity contribution in [3.05, 3.63) is 0 Å². The van der Waals surface area contributed by atoms with Gasteiger partial charge in [-0.05, 0) is 25.2 Å². The molecular formula is C13H23NO3. The van der Waals surface area contributed by atoms with E-state index in [1.165, 1.54) is 19.3 Å². The summed E-state index contributed by atoms with van der Waals surface area (Å²) in [6.45, 7) is 3.54. The molecule has 0 aromatic heterocycles. The zero-order valence-corrected chi connectivity index (χ0v) is 10.6. The molecule has 0 aromatic rings. The first kappa shape index (κ1) is 12.8. The third-order valence-electron chi connectivity index (χ3n) is 4.81. The largest absolute Gasteiger partial charge is 0.480 e. The first-order valence-electron chi connectivity index (χ1n) is 6.67. The van der Waals surface area contributed by atoms with Crippen molar-refractivity contribution in [2.45, 2.75) is 45.1 Å². The highest BCUT2D eigenvalue weighted by molar-refractivity contribution is 5.72. The molecule has 1 aliphatic carbocycles. The Hall–Kier alpha value is -0.610. The minimum atomic E-state index is -0.755. The fraction of sp³-hybridized carbons (Fsp3) is 0.923. The van der Waals surface area contributed by atoms with Gasteiger partial charge >= 0.3 is 5.97 Å². The second-order valence-corrected chi connectivity index (χ2v) is 5.75. The molecule has 1 saturated carbocycles. The monoisotopic (exact) mass is 241 g/mol. The topological polar surface area (TPSA) is 60.8 Å². The van der Waals surface area contributed by atoms with E-state index in [0.29, 0.717) is 0 Å². The quantitative estimate of drug-likeness (QED) is 0.782. The van der Waals surface area contributed by atoms with E-state index in [9.17, 15) is 9.90 Å². The van der Waals surface area contributed by atoms with Crippen molar-refractivity contribution in [2.24, 2.45) is 11.3 Å². The van der Waals surface area contributed by atoms with Crippen LogP contribution in [0.5, 0.6) is 0 Å². The van der Waals surface area contributed by atoms with Gasteiger partial charge < -0.3 is 10.2 Å². The molecule has 0 bridgehead atoms. The Morgan fingerprint density at radius 1 is 1.41 bits per heavy atom. The molecule has 2 fully saturated rings. The molecule has 2 rings (SSSR count). The number of hydrogen-bond donors (Lipinski definition) is 2. The summed E-state index contributed by atoms with van der Waals surface area (Å²) < 4.78 is 0. The van der Waals surface area contributed by atoms with E-state index in [-0.39, 0.29) is 17.9 Å². The third-order valence-corrected chi connectivity index (χ3v) is 4.81. The van der Waals surface area contributed by atoms with Gasteiger partial charge in [0, 0.05) is 25.6 Å². The van der Waals surface area contributed by atoms with Gasteiger partial charge in [-0.3, -0.25) is 9.69 Å². The summed E-state index contributed by atoms with van der Waals surface area (Å²) in [5.41, 5.74) is 0.191. The molecule has 17 heavy (non-hydrogen) atoms. The molecule has 0 amide bonds. The minimum absolute atomic E-state index is 0.191. The van der Waals surface area contributed by atoms with E-state index >= 15 is 0 Å². The number of nitrogens with zero attached hydrogens (tertiary/aromatic N) is 1. The van der Waals surface area contributed by atoms with Crippen molar-refractivity contribution >= 4 is 5.97 Å². The first-order valence-corrected chi connectivity index (χ1v) is 6.67. The molecule has 98 valence electrons. The lowest BCUT2D eigenvalue weighted by Gasteiger charge is -2.37. The Morgan fingerprint density at radius 2 is 2.06 bits per heavy atom. The fourth-order valence-corrected chi connectivity index (χ4v) is 3.60. The van der Waals surface area contributed by atoms with Crippen LogP contribution in [0.4, 0.5) is 0 Å². The number of rotatable bonds is 3. The smallest absolute Gasteiger partial charge is 0.320 e. The molecule has 1 aliphatic heterocycles. The predicted molar refractivity (Wildman–Crippen MR) is 64.8 cm³/mol. The van der Waals surface area contributed by atoms with Gasteiger partial charge in [0.1, 0.15) is 6.04 Å². The van der Waals surface area contributed by atoms with E-state index < -0.39 is 12.0 Å². The zero-order valence-electron chi connectivity index (χ0n) is 10.6. The van der Waals surface area contributed by atoms with Crippen molar-refractivity contribution in [1.29, 1.82) is 0 Å². The molecule has 0 unspecified atom stereocenters. The maximum atomic E-state index is 11.0. The lowest BCUT2D eigenvalue weighted by molar-refractivity contribution is -0.142. The van der Waals surface area contributed by atoms with E-state index in [4.69, 9.17) is 5.11 Å². The summed E-state index contributed by atoms with van der Waals surface area (Å²) in [6.07, 6.45) is 6.05. The summed E-state index contributed by atoms with van der Waals surface area (Å²) in [4.78, 5) is 13.1.